The number of nitrogens with one attached hydrogen (secondary N) is 1. The van der Waals surface area contributed by atoms with Gasteiger partial charge in [-0.1, -0.05) is 13.0 Å². The molecule has 2 N–H and O–H groups in total. The second kappa shape index (κ2) is 8.15. The molecule has 144 valence electrons. The van der Waals surface area contributed by atoms with Crippen molar-refractivity contribution in [3.05, 3.63) is 29.3 Å². The van der Waals surface area contributed by atoms with Crippen LogP contribution >= 0.6 is 0 Å². The van der Waals surface area contributed by atoms with Gasteiger partial charge in [-0.3, -0.25) is 9.59 Å². The van der Waals surface area contributed by atoms with E-state index in [1.165, 1.54) is 24.1 Å². The van der Waals surface area contributed by atoms with Crippen molar-refractivity contribution >= 4 is 21.9 Å². The standard InChI is InChI=1S/C17H24N2O6S/c1-11-4-5-13(26(23,24)18-6-7-25-3)8-14(11)16(20)19-9-12(2)15(10-19)17(21)22/h4-5,8,12,15,18H,6-7,9-10H2,1-3H3,(H,21,22)/t12-,15-/m1/s1. The zero-order chi connectivity index (χ0) is 19.5. The Kier molecular flexibility index (Phi) is 6.38. The molecule has 26 heavy (non-hydrogen) atoms. The Bertz CT molecular complexity index is 792. The quantitative estimate of drug-likeness (QED) is 0.670. The van der Waals surface area contributed by atoms with E-state index in [2.05, 4.69) is 4.72 Å². The van der Waals surface area contributed by atoms with E-state index in [1.54, 1.807) is 19.9 Å². The van der Waals surface area contributed by atoms with Crippen LogP contribution in [0.1, 0.15) is 22.8 Å². The number of likely N-dealkylation sites (tertiary alicyclic amines) is 1. The van der Waals surface area contributed by atoms with Crippen LogP contribution in [0.3, 0.4) is 0 Å². The van der Waals surface area contributed by atoms with Crippen LogP contribution in [0.5, 0.6) is 0 Å². The minimum absolute atomic E-state index is 0.00965. The molecule has 8 nitrogen and oxygen atoms in total. The average molecular weight is 384 g/mol. The number of benzene rings is 1. The van der Waals surface area contributed by atoms with Gasteiger partial charge >= 0.3 is 5.97 Å². The molecule has 1 amide bonds. The van der Waals surface area contributed by atoms with Crippen LogP contribution in [0.2, 0.25) is 0 Å². The fourth-order valence-corrected chi connectivity index (χ4v) is 4.02. The van der Waals surface area contributed by atoms with E-state index >= 15 is 0 Å². The van der Waals surface area contributed by atoms with E-state index < -0.39 is 21.9 Å². The Hall–Kier alpha value is -1.97. The first kappa shape index (κ1) is 20.3. The van der Waals surface area contributed by atoms with Gasteiger partial charge in [0, 0.05) is 32.3 Å². The molecule has 2 atom stereocenters. The molecule has 0 saturated carbocycles. The zero-order valence-corrected chi connectivity index (χ0v) is 15.9. The normalized spacial score (nSPS) is 20.3. The first-order chi connectivity index (χ1) is 12.2. The lowest BCUT2D eigenvalue weighted by atomic mass is 9.99. The lowest BCUT2D eigenvalue weighted by molar-refractivity contribution is -0.142. The molecule has 0 radical (unpaired) electrons. The molecular weight excluding hydrogens is 360 g/mol. The summed E-state index contributed by atoms with van der Waals surface area (Å²) in [5.41, 5.74) is 0.898. The van der Waals surface area contributed by atoms with Crippen molar-refractivity contribution in [2.24, 2.45) is 11.8 Å². The number of aliphatic carboxylic acids is 1. The number of methoxy groups -OCH3 is 1. The maximum atomic E-state index is 12.8. The van der Waals surface area contributed by atoms with Crippen molar-refractivity contribution in [1.82, 2.24) is 9.62 Å². The summed E-state index contributed by atoms with van der Waals surface area (Å²) >= 11 is 0. The molecule has 1 fully saturated rings. The number of hydrogen-bond acceptors (Lipinski definition) is 5. The monoisotopic (exact) mass is 384 g/mol. The summed E-state index contributed by atoms with van der Waals surface area (Å²) in [6.07, 6.45) is 0. The largest absolute Gasteiger partial charge is 0.481 e. The number of rotatable bonds is 7. The molecule has 0 unspecified atom stereocenters. The fourth-order valence-electron chi connectivity index (χ4n) is 2.98. The van der Waals surface area contributed by atoms with Crippen molar-refractivity contribution < 1.29 is 27.9 Å². The van der Waals surface area contributed by atoms with Crippen LogP contribution in [0.4, 0.5) is 0 Å². The van der Waals surface area contributed by atoms with E-state index in [0.717, 1.165) is 0 Å². The molecule has 9 heteroatoms. The molecule has 0 bridgehead atoms. The lowest BCUT2D eigenvalue weighted by Crippen LogP contribution is -2.31. The van der Waals surface area contributed by atoms with E-state index in [9.17, 15) is 23.1 Å². The van der Waals surface area contributed by atoms with Gasteiger partial charge in [0.05, 0.1) is 17.4 Å². The molecule has 0 aliphatic carbocycles. The fraction of sp³-hybridized carbons (Fsp3) is 0.529. The Morgan fingerprint density at radius 2 is 2.04 bits per heavy atom. The molecule has 1 aromatic rings. The number of hydrogen-bond donors (Lipinski definition) is 2. The number of carboxylic acids is 1. The maximum absolute atomic E-state index is 12.8. The van der Waals surface area contributed by atoms with E-state index in [4.69, 9.17) is 4.74 Å². The molecule has 0 spiro atoms. The van der Waals surface area contributed by atoms with Crippen molar-refractivity contribution in [1.29, 1.82) is 0 Å². The number of sulfonamides is 1. The van der Waals surface area contributed by atoms with Crippen LogP contribution < -0.4 is 4.72 Å². The molecule has 1 aliphatic heterocycles. The van der Waals surface area contributed by atoms with Crippen molar-refractivity contribution in [3.8, 4) is 0 Å². The summed E-state index contributed by atoms with van der Waals surface area (Å²) in [6, 6.07) is 4.35. The number of aryl methyl sites for hydroxylation is 1. The van der Waals surface area contributed by atoms with Gasteiger partial charge in [0.15, 0.2) is 0 Å². The highest BCUT2D eigenvalue weighted by Gasteiger charge is 2.37. The summed E-state index contributed by atoms with van der Waals surface area (Å²) in [7, 11) is -2.29. The Morgan fingerprint density at radius 3 is 2.62 bits per heavy atom. The number of amides is 1. The summed E-state index contributed by atoms with van der Waals surface area (Å²) < 4.78 is 31.9. The maximum Gasteiger partial charge on any atom is 0.308 e. The van der Waals surface area contributed by atoms with Gasteiger partial charge in [-0.2, -0.15) is 0 Å². The first-order valence-electron chi connectivity index (χ1n) is 8.28. The highest BCUT2D eigenvalue weighted by Crippen LogP contribution is 2.26. The first-order valence-corrected chi connectivity index (χ1v) is 9.77. The van der Waals surface area contributed by atoms with E-state index in [1.807, 2.05) is 0 Å². The summed E-state index contributed by atoms with van der Waals surface area (Å²) in [4.78, 5) is 25.5. The number of carboxylic acid groups (broad SMARTS) is 1. The van der Waals surface area contributed by atoms with Crippen LogP contribution in [-0.2, 0) is 19.6 Å². The van der Waals surface area contributed by atoms with Gasteiger partial charge in [0.2, 0.25) is 10.0 Å². The number of nitrogens with zero attached hydrogens (tertiary/aromatic N) is 1. The molecule has 2 rings (SSSR count). The SMILES string of the molecule is COCCNS(=O)(=O)c1ccc(C)c(C(=O)N2C[C@@H](C)[C@H](C(=O)O)C2)c1. The number of carbonyl (C=O) groups excluding carboxylic acids is 1. The second-order valence-corrected chi connectivity index (χ2v) is 8.27. The van der Waals surface area contributed by atoms with Gasteiger partial charge in [-0.25, -0.2) is 13.1 Å². The smallest absolute Gasteiger partial charge is 0.308 e. The summed E-state index contributed by atoms with van der Waals surface area (Å²) in [5, 5.41) is 9.23. The van der Waals surface area contributed by atoms with Gasteiger partial charge in [-0.15, -0.1) is 0 Å². The van der Waals surface area contributed by atoms with E-state index in [0.29, 0.717) is 12.1 Å². The molecule has 1 saturated heterocycles. The average Bonchev–Trinajstić information content (AvgIpc) is 2.96. The minimum atomic E-state index is -3.76. The number of carbonyl (C=O) groups is 2. The Morgan fingerprint density at radius 1 is 1.35 bits per heavy atom. The molecule has 1 heterocycles. The molecule has 1 aliphatic rings. The van der Waals surface area contributed by atoms with Gasteiger partial charge in [-0.05, 0) is 30.5 Å². The van der Waals surface area contributed by atoms with Crippen LogP contribution in [0.25, 0.3) is 0 Å². The second-order valence-electron chi connectivity index (χ2n) is 6.50. The molecule has 0 aromatic heterocycles. The van der Waals surface area contributed by atoms with Gasteiger partial charge in [0.25, 0.3) is 5.91 Å². The summed E-state index contributed by atoms with van der Waals surface area (Å²) in [6.45, 7) is 4.32. The third-order valence-electron chi connectivity index (χ3n) is 4.56. The Balaban J connectivity index is 2.25. The lowest BCUT2D eigenvalue weighted by Gasteiger charge is -2.18. The minimum Gasteiger partial charge on any atom is -0.481 e. The predicted molar refractivity (Wildman–Crippen MR) is 94.4 cm³/mol. The third kappa shape index (κ3) is 4.40. The number of ether oxygens (including phenoxy) is 1. The van der Waals surface area contributed by atoms with Crippen molar-refractivity contribution in [2.45, 2.75) is 18.7 Å². The predicted octanol–water partition coefficient (Wildman–Crippen LogP) is 0.712. The van der Waals surface area contributed by atoms with Crippen molar-refractivity contribution in [3.63, 3.8) is 0 Å². The Labute approximate surface area is 153 Å². The topological polar surface area (TPSA) is 113 Å². The highest BCUT2D eigenvalue weighted by molar-refractivity contribution is 7.89. The van der Waals surface area contributed by atoms with Gasteiger partial charge in [0.1, 0.15) is 0 Å². The summed E-state index contributed by atoms with van der Waals surface area (Å²) in [5.74, 6) is -2.04. The zero-order valence-electron chi connectivity index (χ0n) is 15.1. The molecule has 1 aromatic carbocycles. The van der Waals surface area contributed by atoms with E-state index in [-0.39, 0.29) is 42.0 Å². The van der Waals surface area contributed by atoms with Crippen molar-refractivity contribution in [2.75, 3.05) is 33.4 Å². The van der Waals surface area contributed by atoms with Crippen LogP contribution in [-0.4, -0.2) is 63.7 Å². The van der Waals surface area contributed by atoms with Crippen LogP contribution in [0.15, 0.2) is 23.1 Å². The van der Waals surface area contributed by atoms with Gasteiger partial charge < -0.3 is 14.7 Å². The third-order valence-corrected chi connectivity index (χ3v) is 6.02. The highest BCUT2D eigenvalue weighted by atomic mass is 32.2. The molecular formula is C17H24N2O6S. The van der Waals surface area contributed by atoms with Crippen LogP contribution in [0, 0.1) is 18.8 Å².